The number of hydrogen-bond acceptors (Lipinski definition) is 4. The van der Waals surface area contributed by atoms with Crippen LogP contribution < -0.4 is 15.4 Å². The highest BCUT2D eigenvalue weighted by Crippen LogP contribution is 2.28. The molecule has 6 heteroatoms. The molecular formula is C20H23N3O3. The Labute approximate surface area is 153 Å². The van der Waals surface area contributed by atoms with Gasteiger partial charge in [0.25, 0.3) is 0 Å². The summed E-state index contributed by atoms with van der Waals surface area (Å²) in [5.74, 6) is 1.11. The maximum atomic E-state index is 12.0. The van der Waals surface area contributed by atoms with Crippen molar-refractivity contribution in [2.45, 2.75) is 12.8 Å². The van der Waals surface area contributed by atoms with E-state index in [9.17, 15) is 9.59 Å². The third-order valence-electron chi connectivity index (χ3n) is 4.19. The van der Waals surface area contributed by atoms with Crippen LogP contribution in [0.2, 0.25) is 0 Å². The van der Waals surface area contributed by atoms with Crippen LogP contribution in [-0.2, 0) is 9.59 Å². The normalized spacial score (nSPS) is 13.3. The van der Waals surface area contributed by atoms with E-state index in [4.69, 9.17) is 4.74 Å². The number of carbonyl (C=O) groups is 2. The zero-order valence-corrected chi connectivity index (χ0v) is 14.6. The summed E-state index contributed by atoms with van der Waals surface area (Å²) in [5.41, 5.74) is 0.720. The lowest BCUT2D eigenvalue weighted by molar-refractivity contribution is -0.131. The summed E-state index contributed by atoms with van der Waals surface area (Å²) < 4.78 is 5.85. The highest BCUT2D eigenvalue weighted by Gasteiger charge is 2.18. The van der Waals surface area contributed by atoms with Crippen molar-refractivity contribution in [3.8, 4) is 11.5 Å². The molecule has 0 unspecified atom stereocenters. The molecule has 6 nitrogen and oxygen atoms in total. The second-order valence-electron chi connectivity index (χ2n) is 6.13. The second kappa shape index (κ2) is 8.89. The number of nitrogens with one attached hydrogen (secondary N) is 2. The first kappa shape index (κ1) is 17.8. The number of benzene rings is 2. The number of para-hydroxylation sites is 3. The molecule has 0 radical (unpaired) electrons. The van der Waals surface area contributed by atoms with E-state index < -0.39 is 0 Å². The Hall–Kier alpha value is -3.02. The average molecular weight is 353 g/mol. The molecule has 1 heterocycles. The summed E-state index contributed by atoms with van der Waals surface area (Å²) in [6.07, 6.45) is 2.08. The van der Waals surface area contributed by atoms with Gasteiger partial charge in [-0.05, 0) is 37.1 Å². The van der Waals surface area contributed by atoms with Crippen molar-refractivity contribution in [2.75, 3.05) is 31.5 Å². The van der Waals surface area contributed by atoms with E-state index in [0.717, 1.165) is 37.4 Å². The van der Waals surface area contributed by atoms with E-state index in [2.05, 4.69) is 10.6 Å². The molecule has 0 saturated carbocycles. The number of hydrogen-bond donors (Lipinski definition) is 2. The number of amides is 2. The van der Waals surface area contributed by atoms with Gasteiger partial charge in [0, 0.05) is 13.1 Å². The third kappa shape index (κ3) is 4.99. The molecule has 1 saturated heterocycles. The highest BCUT2D eigenvalue weighted by molar-refractivity contribution is 5.87. The number of ether oxygens (including phenoxy) is 1. The zero-order chi connectivity index (χ0) is 18.2. The quantitative estimate of drug-likeness (QED) is 0.803. The Morgan fingerprint density at radius 2 is 1.62 bits per heavy atom. The van der Waals surface area contributed by atoms with E-state index in [1.807, 2.05) is 54.6 Å². The molecule has 1 aliphatic rings. The Bertz CT molecular complexity index is 743. The van der Waals surface area contributed by atoms with E-state index in [-0.39, 0.29) is 24.9 Å². The fourth-order valence-corrected chi connectivity index (χ4v) is 2.81. The lowest BCUT2D eigenvalue weighted by atomic mass is 10.3. The van der Waals surface area contributed by atoms with Crippen LogP contribution in [0.5, 0.6) is 11.5 Å². The van der Waals surface area contributed by atoms with Crippen molar-refractivity contribution >= 4 is 17.5 Å². The van der Waals surface area contributed by atoms with Crippen LogP contribution in [0, 0.1) is 0 Å². The summed E-state index contributed by atoms with van der Waals surface area (Å²) in [6, 6.07) is 16.9. The Kier molecular flexibility index (Phi) is 6.09. The first-order valence-electron chi connectivity index (χ1n) is 8.82. The topological polar surface area (TPSA) is 70.7 Å². The fourth-order valence-electron chi connectivity index (χ4n) is 2.81. The van der Waals surface area contributed by atoms with Crippen LogP contribution in [0.15, 0.2) is 54.6 Å². The summed E-state index contributed by atoms with van der Waals surface area (Å²) in [5, 5.41) is 5.73. The first-order valence-corrected chi connectivity index (χ1v) is 8.82. The summed E-state index contributed by atoms with van der Waals surface area (Å²) in [6.45, 7) is 1.69. The van der Waals surface area contributed by atoms with Crippen molar-refractivity contribution in [3.63, 3.8) is 0 Å². The molecule has 0 spiro atoms. The predicted molar refractivity (Wildman–Crippen MR) is 100 cm³/mol. The van der Waals surface area contributed by atoms with Gasteiger partial charge in [-0.25, -0.2) is 0 Å². The van der Waals surface area contributed by atoms with Gasteiger partial charge in [0.1, 0.15) is 5.75 Å². The summed E-state index contributed by atoms with van der Waals surface area (Å²) in [4.78, 5) is 25.8. The molecule has 2 N–H and O–H groups in total. The second-order valence-corrected chi connectivity index (χ2v) is 6.13. The summed E-state index contributed by atoms with van der Waals surface area (Å²) >= 11 is 0. The Balaban J connectivity index is 1.49. The van der Waals surface area contributed by atoms with Crippen molar-refractivity contribution in [2.24, 2.45) is 0 Å². The van der Waals surface area contributed by atoms with Gasteiger partial charge in [-0.2, -0.15) is 0 Å². The van der Waals surface area contributed by atoms with Crippen molar-refractivity contribution < 1.29 is 14.3 Å². The van der Waals surface area contributed by atoms with Gasteiger partial charge in [-0.1, -0.05) is 30.3 Å². The van der Waals surface area contributed by atoms with Crippen LogP contribution in [0.3, 0.4) is 0 Å². The molecule has 0 aromatic heterocycles. The number of likely N-dealkylation sites (tertiary alicyclic amines) is 1. The molecule has 2 aromatic rings. The largest absolute Gasteiger partial charge is 0.455 e. The maximum absolute atomic E-state index is 12.0. The van der Waals surface area contributed by atoms with Gasteiger partial charge in [0.15, 0.2) is 5.75 Å². The van der Waals surface area contributed by atoms with Gasteiger partial charge in [-0.15, -0.1) is 0 Å². The molecule has 0 atom stereocenters. The highest BCUT2D eigenvalue weighted by atomic mass is 16.5. The standard InChI is InChI=1S/C20H23N3O3/c24-19(22-15-20(25)23-12-6-7-13-23)14-21-17-10-4-5-11-18(17)26-16-8-2-1-3-9-16/h1-5,8-11,21H,6-7,12-15H2,(H,22,24). The molecule has 1 aliphatic heterocycles. The van der Waals surface area contributed by atoms with Crippen LogP contribution in [0.1, 0.15) is 12.8 Å². The minimum atomic E-state index is -0.230. The lowest BCUT2D eigenvalue weighted by Crippen LogP contribution is -2.40. The van der Waals surface area contributed by atoms with Crippen molar-refractivity contribution in [1.29, 1.82) is 0 Å². The van der Waals surface area contributed by atoms with Gasteiger partial charge in [-0.3, -0.25) is 9.59 Å². The molecule has 136 valence electrons. The van der Waals surface area contributed by atoms with Crippen LogP contribution in [0.4, 0.5) is 5.69 Å². The third-order valence-corrected chi connectivity index (χ3v) is 4.19. The number of anilines is 1. The van der Waals surface area contributed by atoms with Crippen LogP contribution in [0.25, 0.3) is 0 Å². The Morgan fingerprint density at radius 1 is 0.923 bits per heavy atom. The molecule has 2 amide bonds. The van der Waals surface area contributed by atoms with Gasteiger partial charge >= 0.3 is 0 Å². The van der Waals surface area contributed by atoms with E-state index in [0.29, 0.717) is 5.75 Å². The van der Waals surface area contributed by atoms with Gasteiger partial charge in [0.2, 0.25) is 11.8 Å². The fraction of sp³-hybridized carbons (Fsp3) is 0.300. The summed E-state index contributed by atoms with van der Waals surface area (Å²) in [7, 11) is 0. The molecule has 1 fully saturated rings. The molecule has 3 rings (SSSR count). The van der Waals surface area contributed by atoms with Gasteiger partial charge < -0.3 is 20.3 Å². The van der Waals surface area contributed by atoms with Crippen molar-refractivity contribution in [3.05, 3.63) is 54.6 Å². The minimum absolute atomic E-state index is 0.0244. The molecule has 26 heavy (non-hydrogen) atoms. The lowest BCUT2D eigenvalue weighted by Gasteiger charge is -2.16. The maximum Gasteiger partial charge on any atom is 0.241 e. The van der Waals surface area contributed by atoms with E-state index >= 15 is 0 Å². The molecule has 0 bridgehead atoms. The van der Waals surface area contributed by atoms with Crippen molar-refractivity contribution in [1.82, 2.24) is 10.2 Å². The zero-order valence-electron chi connectivity index (χ0n) is 14.6. The number of rotatable bonds is 7. The number of carbonyl (C=O) groups excluding carboxylic acids is 2. The Morgan fingerprint density at radius 3 is 2.38 bits per heavy atom. The minimum Gasteiger partial charge on any atom is -0.455 e. The predicted octanol–water partition coefficient (Wildman–Crippen LogP) is 2.63. The van der Waals surface area contributed by atoms with Crippen LogP contribution >= 0.6 is 0 Å². The van der Waals surface area contributed by atoms with Crippen LogP contribution in [-0.4, -0.2) is 42.9 Å². The molecular weight excluding hydrogens is 330 g/mol. The van der Waals surface area contributed by atoms with E-state index in [1.165, 1.54) is 0 Å². The smallest absolute Gasteiger partial charge is 0.241 e. The first-order chi connectivity index (χ1) is 12.7. The SMILES string of the molecule is O=C(CNc1ccccc1Oc1ccccc1)NCC(=O)N1CCCC1. The van der Waals surface area contributed by atoms with Gasteiger partial charge in [0.05, 0.1) is 18.8 Å². The van der Waals surface area contributed by atoms with E-state index in [1.54, 1.807) is 4.90 Å². The monoisotopic (exact) mass is 353 g/mol. The molecule has 0 aliphatic carbocycles. The number of nitrogens with zero attached hydrogens (tertiary/aromatic N) is 1. The molecule has 2 aromatic carbocycles. The average Bonchev–Trinajstić information content (AvgIpc) is 3.21.